The topological polar surface area (TPSA) is 45.5 Å². The molecule has 4 rings (SSSR count). The molecule has 0 atom stereocenters. The molecule has 3 aromatic rings. The second kappa shape index (κ2) is 6.07. The zero-order valence-electron chi connectivity index (χ0n) is 13.8. The van der Waals surface area contributed by atoms with Gasteiger partial charge in [-0.15, -0.1) is 0 Å². The van der Waals surface area contributed by atoms with E-state index in [2.05, 4.69) is 29.0 Å². The maximum atomic E-state index is 6.11. The summed E-state index contributed by atoms with van der Waals surface area (Å²) in [5.41, 5.74) is 2.68. The monoisotopic (exact) mass is 341 g/mol. The second-order valence-corrected chi connectivity index (χ2v) is 6.95. The Kier molecular flexibility index (Phi) is 3.90. The maximum Gasteiger partial charge on any atom is 0.137 e. The molecule has 0 saturated carbocycles. The molecule has 1 fully saturated rings. The number of hydrogen-bond donors (Lipinski definition) is 1. The lowest BCUT2D eigenvalue weighted by Gasteiger charge is -2.42. The number of nitrogens with zero attached hydrogens (tertiary/aromatic N) is 4. The molecule has 0 aromatic carbocycles. The van der Waals surface area contributed by atoms with Gasteiger partial charge >= 0.3 is 0 Å². The van der Waals surface area contributed by atoms with Gasteiger partial charge in [-0.25, -0.2) is 9.97 Å². The number of aromatic nitrogens is 3. The fraction of sp³-hybridized carbons (Fsp3) is 0.333. The summed E-state index contributed by atoms with van der Waals surface area (Å²) in [6.07, 6.45) is 3.70. The van der Waals surface area contributed by atoms with Crippen molar-refractivity contribution in [1.29, 1.82) is 0 Å². The third kappa shape index (κ3) is 2.85. The zero-order chi connectivity index (χ0) is 16.7. The van der Waals surface area contributed by atoms with Gasteiger partial charge in [0.1, 0.15) is 11.5 Å². The van der Waals surface area contributed by atoms with Crippen LogP contribution in [0.1, 0.15) is 13.8 Å². The fourth-order valence-electron chi connectivity index (χ4n) is 3.04. The molecule has 1 N–H and O–H groups in total. The van der Waals surface area contributed by atoms with Crippen molar-refractivity contribution in [2.45, 2.75) is 25.9 Å². The molecule has 3 aromatic heterocycles. The predicted molar refractivity (Wildman–Crippen MR) is 97.6 cm³/mol. The molecule has 4 heterocycles. The quantitative estimate of drug-likeness (QED) is 0.788. The third-order valence-electron chi connectivity index (χ3n) is 4.47. The Balaban J connectivity index is 1.57. The first kappa shape index (κ1) is 15.4. The molecule has 5 nitrogen and oxygen atoms in total. The lowest BCUT2D eigenvalue weighted by molar-refractivity contribution is 0.122. The van der Waals surface area contributed by atoms with Crippen LogP contribution in [0.2, 0.25) is 5.02 Å². The Morgan fingerprint density at radius 1 is 1.21 bits per heavy atom. The molecule has 0 unspecified atom stereocenters. The van der Waals surface area contributed by atoms with E-state index in [-0.39, 0.29) is 0 Å². The van der Waals surface area contributed by atoms with E-state index in [1.807, 2.05) is 47.1 Å². The minimum absolute atomic E-state index is 0.465. The van der Waals surface area contributed by atoms with Gasteiger partial charge in [0.15, 0.2) is 0 Å². The van der Waals surface area contributed by atoms with Crippen LogP contribution in [0.4, 0.5) is 5.82 Å². The number of pyridine rings is 2. The summed E-state index contributed by atoms with van der Waals surface area (Å²) in [5, 5.41) is 4.20. The van der Waals surface area contributed by atoms with Gasteiger partial charge in [0.05, 0.1) is 28.6 Å². The van der Waals surface area contributed by atoms with Crippen LogP contribution in [0.5, 0.6) is 0 Å². The second-order valence-electron chi connectivity index (χ2n) is 6.52. The zero-order valence-corrected chi connectivity index (χ0v) is 14.5. The summed E-state index contributed by atoms with van der Waals surface area (Å²) in [6.45, 7) is 6.58. The molecule has 0 aliphatic carbocycles. The number of anilines is 1. The smallest absolute Gasteiger partial charge is 0.137 e. The summed E-state index contributed by atoms with van der Waals surface area (Å²) in [6, 6.07) is 10.8. The van der Waals surface area contributed by atoms with E-state index < -0.39 is 0 Å². The van der Waals surface area contributed by atoms with Gasteiger partial charge in [0, 0.05) is 25.3 Å². The highest BCUT2D eigenvalue weighted by Gasteiger charge is 2.28. The van der Waals surface area contributed by atoms with E-state index in [9.17, 15) is 0 Å². The number of fused-ring (bicyclic) bond motifs is 1. The van der Waals surface area contributed by atoms with Crippen molar-refractivity contribution in [3.8, 4) is 11.4 Å². The van der Waals surface area contributed by atoms with E-state index in [1.54, 1.807) is 0 Å². The Morgan fingerprint density at radius 2 is 2.04 bits per heavy atom. The lowest BCUT2D eigenvalue weighted by Crippen LogP contribution is -2.57. The minimum atomic E-state index is 0.465. The van der Waals surface area contributed by atoms with Crippen LogP contribution in [-0.2, 0) is 0 Å². The molecule has 6 heteroatoms. The molecule has 1 saturated heterocycles. The van der Waals surface area contributed by atoms with Crippen LogP contribution < -0.4 is 5.32 Å². The van der Waals surface area contributed by atoms with Crippen molar-refractivity contribution < 1.29 is 0 Å². The number of imidazole rings is 1. The standard InChI is InChI=1S/C18H20ClN5/c1-12(2)23-10-14(11-23)21-17-5-3-4-15(22-17)16-8-20-18-7-6-13(19)9-24(16)18/h3-9,12,14H,10-11H2,1-2H3,(H,21,22). The highest BCUT2D eigenvalue weighted by molar-refractivity contribution is 6.30. The van der Waals surface area contributed by atoms with Gasteiger partial charge in [0.25, 0.3) is 0 Å². The first-order valence-electron chi connectivity index (χ1n) is 8.21. The molecule has 1 aliphatic rings. The summed E-state index contributed by atoms with van der Waals surface area (Å²) < 4.78 is 1.97. The molecular formula is C18H20ClN5. The Bertz CT molecular complexity index is 867. The first-order valence-corrected chi connectivity index (χ1v) is 8.58. The normalized spacial score (nSPS) is 15.8. The van der Waals surface area contributed by atoms with Gasteiger partial charge in [-0.1, -0.05) is 17.7 Å². The Morgan fingerprint density at radius 3 is 2.83 bits per heavy atom. The van der Waals surface area contributed by atoms with E-state index in [0.29, 0.717) is 17.1 Å². The Labute approximate surface area is 146 Å². The van der Waals surface area contributed by atoms with Gasteiger partial charge < -0.3 is 5.32 Å². The van der Waals surface area contributed by atoms with Crippen molar-refractivity contribution in [2.75, 3.05) is 18.4 Å². The molecule has 0 amide bonds. The number of hydrogen-bond acceptors (Lipinski definition) is 4. The van der Waals surface area contributed by atoms with Crippen LogP contribution in [0, 0.1) is 0 Å². The lowest BCUT2D eigenvalue weighted by atomic mass is 10.1. The maximum absolute atomic E-state index is 6.11. The molecule has 124 valence electrons. The number of rotatable bonds is 4. The highest BCUT2D eigenvalue weighted by Crippen LogP contribution is 2.23. The minimum Gasteiger partial charge on any atom is -0.365 e. The average molecular weight is 342 g/mol. The molecule has 24 heavy (non-hydrogen) atoms. The van der Waals surface area contributed by atoms with Crippen molar-refractivity contribution >= 4 is 23.1 Å². The van der Waals surface area contributed by atoms with E-state index in [4.69, 9.17) is 16.6 Å². The van der Waals surface area contributed by atoms with Crippen LogP contribution in [0.15, 0.2) is 42.7 Å². The number of halogens is 1. The molecule has 1 aliphatic heterocycles. The van der Waals surface area contributed by atoms with Crippen LogP contribution >= 0.6 is 11.6 Å². The van der Waals surface area contributed by atoms with Gasteiger partial charge in [-0.3, -0.25) is 9.30 Å². The van der Waals surface area contributed by atoms with E-state index in [1.165, 1.54) is 0 Å². The predicted octanol–water partition coefficient (Wildman–Crippen LogP) is 3.55. The van der Waals surface area contributed by atoms with Crippen LogP contribution in [0.25, 0.3) is 17.0 Å². The molecular weight excluding hydrogens is 322 g/mol. The van der Waals surface area contributed by atoms with Crippen molar-refractivity contribution in [3.63, 3.8) is 0 Å². The number of likely N-dealkylation sites (tertiary alicyclic amines) is 1. The van der Waals surface area contributed by atoms with E-state index in [0.717, 1.165) is 35.9 Å². The van der Waals surface area contributed by atoms with Crippen molar-refractivity contribution in [2.24, 2.45) is 0 Å². The summed E-state index contributed by atoms with van der Waals surface area (Å²) in [4.78, 5) is 11.6. The van der Waals surface area contributed by atoms with Gasteiger partial charge in [-0.05, 0) is 38.1 Å². The summed E-state index contributed by atoms with van der Waals surface area (Å²) in [7, 11) is 0. The molecule has 0 bridgehead atoms. The average Bonchev–Trinajstić information content (AvgIpc) is 2.93. The van der Waals surface area contributed by atoms with E-state index >= 15 is 0 Å². The van der Waals surface area contributed by atoms with Crippen LogP contribution in [0.3, 0.4) is 0 Å². The summed E-state index contributed by atoms with van der Waals surface area (Å²) >= 11 is 6.11. The molecule has 0 radical (unpaired) electrons. The third-order valence-corrected chi connectivity index (χ3v) is 4.70. The van der Waals surface area contributed by atoms with Gasteiger partial charge in [-0.2, -0.15) is 0 Å². The van der Waals surface area contributed by atoms with Crippen molar-refractivity contribution in [3.05, 3.63) is 47.7 Å². The highest BCUT2D eigenvalue weighted by atomic mass is 35.5. The number of nitrogens with one attached hydrogen (secondary N) is 1. The first-order chi connectivity index (χ1) is 11.6. The molecule has 0 spiro atoms. The summed E-state index contributed by atoms with van der Waals surface area (Å²) in [5.74, 6) is 0.901. The SMILES string of the molecule is CC(C)N1CC(Nc2cccc(-c3cnc4ccc(Cl)cn34)n2)C1. The van der Waals surface area contributed by atoms with Crippen molar-refractivity contribution in [1.82, 2.24) is 19.3 Å². The fourth-order valence-corrected chi connectivity index (χ4v) is 3.20. The van der Waals surface area contributed by atoms with Crippen LogP contribution in [-0.4, -0.2) is 44.4 Å². The largest absolute Gasteiger partial charge is 0.365 e. The van der Waals surface area contributed by atoms with Gasteiger partial charge in [0.2, 0.25) is 0 Å². The Hall–Kier alpha value is -2.11.